The van der Waals surface area contributed by atoms with E-state index in [-0.39, 0.29) is 6.09 Å². The van der Waals surface area contributed by atoms with Crippen molar-refractivity contribution in [2.24, 2.45) is 23.5 Å². The molecule has 1 fully saturated rings. The Balaban J connectivity index is 2.29. The second-order valence-electron chi connectivity index (χ2n) is 8.17. The summed E-state index contributed by atoms with van der Waals surface area (Å²) in [5.74, 6) is 1.73. The predicted octanol–water partition coefficient (Wildman–Crippen LogP) is 2.84. The first-order chi connectivity index (χ1) is 10.7. The van der Waals surface area contributed by atoms with Crippen molar-refractivity contribution >= 4 is 6.09 Å². The normalized spacial score (nSPS) is 20.7. The van der Waals surface area contributed by atoms with Crippen molar-refractivity contribution in [2.45, 2.75) is 59.5 Å². The average Bonchev–Trinajstić information content (AvgIpc) is 2.45. The smallest absolute Gasteiger partial charge is 0.410 e. The minimum Gasteiger partial charge on any atom is -0.444 e. The Morgan fingerprint density at radius 2 is 2.09 bits per heavy atom. The van der Waals surface area contributed by atoms with E-state index in [4.69, 9.17) is 10.5 Å². The van der Waals surface area contributed by atoms with Crippen LogP contribution in [0.5, 0.6) is 0 Å². The van der Waals surface area contributed by atoms with Crippen LogP contribution < -0.4 is 11.1 Å². The molecule has 1 amide bonds. The predicted molar refractivity (Wildman–Crippen MR) is 95.4 cm³/mol. The fraction of sp³-hybridized carbons (Fsp3) is 0.944. The number of piperidine rings is 1. The molecule has 0 aliphatic carbocycles. The molecule has 0 aromatic heterocycles. The van der Waals surface area contributed by atoms with Gasteiger partial charge in [0.15, 0.2) is 0 Å². The molecule has 23 heavy (non-hydrogen) atoms. The molecule has 1 rings (SSSR count). The van der Waals surface area contributed by atoms with E-state index >= 15 is 0 Å². The number of nitrogens with one attached hydrogen (secondary N) is 1. The Morgan fingerprint density at radius 1 is 1.39 bits per heavy atom. The van der Waals surface area contributed by atoms with Gasteiger partial charge in [-0.3, -0.25) is 0 Å². The van der Waals surface area contributed by atoms with Gasteiger partial charge >= 0.3 is 6.09 Å². The number of hydrogen-bond acceptors (Lipinski definition) is 4. The van der Waals surface area contributed by atoms with E-state index in [1.54, 1.807) is 0 Å². The van der Waals surface area contributed by atoms with Crippen molar-refractivity contribution in [3.63, 3.8) is 0 Å². The van der Waals surface area contributed by atoms with Crippen LogP contribution in [0.3, 0.4) is 0 Å². The number of ether oxygens (including phenoxy) is 1. The summed E-state index contributed by atoms with van der Waals surface area (Å²) in [4.78, 5) is 14.0. The van der Waals surface area contributed by atoms with Gasteiger partial charge in [0.05, 0.1) is 0 Å². The molecule has 0 radical (unpaired) electrons. The third-order valence-corrected chi connectivity index (χ3v) is 4.55. The van der Waals surface area contributed by atoms with E-state index < -0.39 is 5.60 Å². The molecule has 0 bridgehead atoms. The number of rotatable bonds is 7. The average molecular weight is 328 g/mol. The summed E-state index contributed by atoms with van der Waals surface area (Å²) in [5.41, 5.74) is 5.39. The van der Waals surface area contributed by atoms with Crippen LogP contribution in [0.1, 0.15) is 53.9 Å². The number of nitrogens with two attached hydrogens (primary N) is 1. The standard InChI is InChI=1S/C18H37N3O2/c1-14(2)16(11-19)12-20-9-8-15-7-6-10-21(13-15)17(22)23-18(3,4)5/h14-16,20H,6-13,19H2,1-5H3. The van der Waals surface area contributed by atoms with Crippen molar-refractivity contribution < 1.29 is 9.53 Å². The SMILES string of the molecule is CC(C)C(CN)CNCCC1CCCN(C(=O)OC(C)(C)C)C1. The minimum absolute atomic E-state index is 0.168. The monoisotopic (exact) mass is 327 g/mol. The highest BCUT2D eigenvalue weighted by molar-refractivity contribution is 5.68. The molecule has 0 saturated carbocycles. The lowest BCUT2D eigenvalue weighted by Gasteiger charge is -2.34. The first kappa shape index (κ1) is 20.2. The van der Waals surface area contributed by atoms with Crippen LogP contribution in [0.4, 0.5) is 4.79 Å². The Hall–Kier alpha value is -0.810. The van der Waals surface area contributed by atoms with Crippen LogP contribution in [-0.4, -0.2) is 49.3 Å². The maximum absolute atomic E-state index is 12.2. The number of carbonyl (C=O) groups is 1. The van der Waals surface area contributed by atoms with Gasteiger partial charge < -0.3 is 20.7 Å². The van der Waals surface area contributed by atoms with Gasteiger partial charge in [-0.15, -0.1) is 0 Å². The summed E-state index contributed by atoms with van der Waals surface area (Å²) in [6.45, 7) is 14.5. The first-order valence-electron chi connectivity index (χ1n) is 9.11. The third-order valence-electron chi connectivity index (χ3n) is 4.55. The molecule has 1 aliphatic rings. The number of amides is 1. The molecule has 136 valence electrons. The van der Waals surface area contributed by atoms with Crippen molar-refractivity contribution in [2.75, 3.05) is 32.7 Å². The number of hydrogen-bond donors (Lipinski definition) is 2. The Morgan fingerprint density at radius 3 is 2.65 bits per heavy atom. The minimum atomic E-state index is -0.417. The van der Waals surface area contributed by atoms with E-state index in [1.165, 1.54) is 6.42 Å². The summed E-state index contributed by atoms with van der Waals surface area (Å²) in [7, 11) is 0. The highest BCUT2D eigenvalue weighted by Crippen LogP contribution is 2.21. The number of likely N-dealkylation sites (tertiary alicyclic amines) is 1. The Labute approximate surface area is 142 Å². The zero-order valence-corrected chi connectivity index (χ0v) is 15.7. The van der Waals surface area contributed by atoms with Crippen molar-refractivity contribution in [3.8, 4) is 0 Å². The van der Waals surface area contributed by atoms with Crippen LogP contribution in [0.25, 0.3) is 0 Å². The molecule has 1 aliphatic heterocycles. The maximum atomic E-state index is 12.2. The first-order valence-corrected chi connectivity index (χ1v) is 9.11. The van der Waals surface area contributed by atoms with E-state index in [2.05, 4.69) is 19.2 Å². The molecule has 1 saturated heterocycles. The summed E-state index contributed by atoms with van der Waals surface area (Å²) in [6, 6.07) is 0. The lowest BCUT2D eigenvalue weighted by atomic mass is 9.94. The maximum Gasteiger partial charge on any atom is 0.410 e. The Bertz CT molecular complexity index is 353. The van der Waals surface area contributed by atoms with Gasteiger partial charge in [0.1, 0.15) is 5.60 Å². The molecule has 3 N–H and O–H groups in total. The topological polar surface area (TPSA) is 67.6 Å². The number of nitrogens with zero attached hydrogens (tertiary/aromatic N) is 1. The van der Waals surface area contributed by atoms with E-state index in [1.807, 2.05) is 25.7 Å². The van der Waals surface area contributed by atoms with Crippen LogP contribution in [0.15, 0.2) is 0 Å². The third kappa shape index (κ3) is 8.02. The van der Waals surface area contributed by atoms with Crippen LogP contribution >= 0.6 is 0 Å². The summed E-state index contributed by atoms with van der Waals surface area (Å²) in [6.07, 6.45) is 3.21. The molecule has 5 nitrogen and oxygen atoms in total. The van der Waals surface area contributed by atoms with Gasteiger partial charge in [-0.05, 0) is 77.4 Å². The van der Waals surface area contributed by atoms with Crippen LogP contribution in [-0.2, 0) is 4.74 Å². The molecular formula is C18H37N3O2. The highest BCUT2D eigenvalue weighted by atomic mass is 16.6. The molecule has 0 aromatic rings. The summed E-state index contributed by atoms with van der Waals surface area (Å²) in [5, 5.41) is 3.53. The molecule has 1 heterocycles. The molecule has 0 spiro atoms. The van der Waals surface area contributed by atoms with Crippen LogP contribution in [0, 0.1) is 17.8 Å². The van der Waals surface area contributed by atoms with Gasteiger partial charge in [-0.25, -0.2) is 4.79 Å². The van der Waals surface area contributed by atoms with E-state index in [0.29, 0.717) is 17.8 Å². The molecular weight excluding hydrogens is 290 g/mol. The largest absolute Gasteiger partial charge is 0.444 e. The summed E-state index contributed by atoms with van der Waals surface area (Å²) < 4.78 is 5.48. The zero-order valence-electron chi connectivity index (χ0n) is 15.7. The fourth-order valence-corrected chi connectivity index (χ4v) is 2.98. The molecule has 0 aromatic carbocycles. The lowest BCUT2D eigenvalue weighted by molar-refractivity contribution is 0.0162. The van der Waals surface area contributed by atoms with Crippen LogP contribution in [0.2, 0.25) is 0 Å². The lowest BCUT2D eigenvalue weighted by Crippen LogP contribution is -2.43. The van der Waals surface area contributed by atoms with Crippen molar-refractivity contribution in [1.82, 2.24) is 10.2 Å². The van der Waals surface area contributed by atoms with Gasteiger partial charge in [0, 0.05) is 13.1 Å². The van der Waals surface area contributed by atoms with E-state index in [9.17, 15) is 4.79 Å². The van der Waals surface area contributed by atoms with Gasteiger partial charge in [0.2, 0.25) is 0 Å². The molecule has 2 atom stereocenters. The quantitative estimate of drug-likeness (QED) is 0.706. The summed E-state index contributed by atoms with van der Waals surface area (Å²) >= 11 is 0. The number of carbonyl (C=O) groups excluding carboxylic acids is 1. The Kier molecular flexibility index (Phi) is 8.34. The van der Waals surface area contributed by atoms with Crippen molar-refractivity contribution in [1.29, 1.82) is 0 Å². The fourth-order valence-electron chi connectivity index (χ4n) is 2.98. The second kappa shape index (κ2) is 9.48. The second-order valence-corrected chi connectivity index (χ2v) is 8.17. The van der Waals surface area contributed by atoms with E-state index in [0.717, 1.165) is 45.6 Å². The zero-order chi connectivity index (χ0) is 17.5. The van der Waals surface area contributed by atoms with Gasteiger partial charge in [-0.1, -0.05) is 13.8 Å². The van der Waals surface area contributed by atoms with Gasteiger partial charge in [-0.2, -0.15) is 0 Å². The molecule has 5 heteroatoms. The van der Waals surface area contributed by atoms with Gasteiger partial charge in [0.25, 0.3) is 0 Å². The van der Waals surface area contributed by atoms with Crippen molar-refractivity contribution in [3.05, 3.63) is 0 Å². The highest BCUT2D eigenvalue weighted by Gasteiger charge is 2.27. The molecule has 2 unspecified atom stereocenters.